The molecule has 27 heavy (non-hydrogen) atoms. The van der Waals surface area contributed by atoms with Gasteiger partial charge < -0.3 is 4.74 Å². The van der Waals surface area contributed by atoms with Gasteiger partial charge in [0.05, 0.1) is 12.3 Å². The second-order valence-electron chi connectivity index (χ2n) is 5.90. The highest BCUT2D eigenvalue weighted by atomic mass is 35.5. The number of aryl methyl sites for hydroxylation is 1. The molecule has 0 bridgehead atoms. The molecule has 1 saturated heterocycles. The Morgan fingerprint density at radius 3 is 2.59 bits per heavy atom. The van der Waals surface area contributed by atoms with Gasteiger partial charge in [0, 0.05) is 5.02 Å². The molecule has 0 saturated carbocycles. The van der Waals surface area contributed by atoms with E-state index in [-0.39, 0.29) is 5.57 Å². The summed E-state index contributed by atoms with van der Waals surface area (Å²) in [6.45, 7) is 4.06. The van der Waals surface area contributed by atoms with Crippen LogP contribution < -0.4 is 15.0 Å². The average Bonchev–Trinajstić information content (AvgIpc) is 2.60. The smallest absolute Gasteiger partial charge is 0.335 e. The largest absolute Gasteiger partial charge is 0.494 e. The highest BCUT2D eigenvalue weighted by Crippen LogP contribution is 2.27. The van der Waals surface area contributed by atoms with Crippen LogP contribution in [-0.4, -0.2) is 24.5 Å². The molecular formula is C20H17ClN2O4. The third kappa shape index (κ3) is 3.85. The molecule has 1 aliphatic rings. The predicted octanol–water partition coefficient (Wildman–Crippen LogP) is 3.71. The SMILES string of the molecule is CCOc1cc(Cl)cc(/C=C2\C(=O)NC(=O)N(c3ccccc3C)C2=O)c1. The first-order valence-corrected chi connectivity index (χ1v) is 8.69. The minimum atomic E-state index is -0.780. The van der Waals surface area contributed by atoms with Gasteiger partial charge in [-0.05, 0) is 55.3 Å². The normalized spacial score (nSPS) is 15.9. The molecule has 1 aliphatic heterocycles. The van der Waals surface area contributed by atoms with Gasteiger partial charge in [-0.1, -0.05) is 29.8 Å². The van der Waals surface area contributed by atoms with Crippen molar-refractivity contribution in [2.75, 3.05) is 11.5 Å². The number of ether oxygens (including phenoxy) is 1. The topological polar surface area (TPSA) is 75.7 Å². The summed E-state index contributed by atoms with van der Waals surface area (Å²) in [6.07, 6.45) is 1.39. The summed E-state index contributed by atoms with van der Waals surface area (Å²) in [4.78, 5) is 38.4. The van der Waals surface area contributed by atoms with Crippen LogP contribution in [-0.2, 0) is 9.59 Å². The number of hydrogen-bond acceptors (Lipinski definition) is 4. The number of carbonyl (C=O) groups excluding carboxylic acids is 3. The Morgan fingerprint density at radius 2 is 1.89 bits per heavy atom. The number of barbiturate groups is 1. The number of benzene rings is 2. The van der Waals surface area contributed by atoms with E-state index in [1.54, 1.807) is 49.4 Å². The lowest BCUT2D eigenvalue weighted by Crippen LogP contribution is -2.54. The molecule has 0 unspecified atom stereocenters. The fourth-order valence-electron chi connectivity index (χ4n) is 2.77. The van der Waals surface area contributed by atoms with Gasteiger partial charge in [0.25, 0.3) is 11.8 Å². The van der Waals surface area contributed by atoms with E-state index in [1.165, 1.54) is 6.08 Å². The van der Waals surface area contributed by atoms with E-state index in [0.29, 0.717) is 28.6 Å². The lowest BCUT2D eigenvalue weighted by atomic mass is 10.1. The lowest BCUT2D eigenvalue weighted by Gasteiger charge is -2.27. The van der Waals surface area contributed by atoms with Crippen LogP contribution in [0.3, 0.4) is 0 Å². The number of halogens is 1. The highest BCUT2D eigenvalue weighted by Gasteiger charge is 2.37. The molecule has 1 N–H and O–H groups in total. The zero-order valence-electron chi connectivity index (χ0n) is 14.8. The first-order chi connectivity index (χ1) is 12.9. The van der Waals surface area contributed by atoms with Gasteiger partial charge in [0.2, 0.25) is 0 Å². The second kappa shape index (κ2) is 7.63. The Kier molecular flexibility index (Phi) is 5.28. The number of anilines is 1. The number of nitrogens with zero attached hydrogens (tertiary/aromatic N) is 1. The van der Waals surface area contributed by atoms with Crippen molar-refractivity contribution in [1.82, 2.24) is 5.32 Å². The third-order valence-corrected chi connectivity index (χ3v) is 4.19. The Labute approximate surface area is 161 Å². The van der Waals surface area contributed by atoms with Crippen LogP contribution in [0.1, 0.15) is 18.1 Å². The molecule has 0 radical (unpaired) electrons. The van der Waals surface area contributed by atoms with Gasteiger partial charge in [-0.3, -0.25) is 14.9 Å². The molecule has 0 aliphatic carbocycles. The van der Waals surface area contributed by atoms with E-state index < -0.39 is 17.8 Å². The fraction of sp³-hybridized carbons (Fsp3) is 0.150. The second-order valence-corrected chi connectivity index (χ2v) is 6.33. The number of nitrogens with one attached hydrogen (secondary N) is 1. The molecule has 1 fully saturated rings. The van der Waals surface area contributed by atoms with Crippen molar-refractivity contribution in [2.24, 2.45) is 0 Å². The molecule has 2 aromatic carbocycles. The molecule has 3 rings (SSSR count). The van der Waals surface area contributed by atoms with Gasteiger partial charge in [-0.25, -0.2) is 9.69 Å². The standard InChI is InChI=1S/C20H17ClN2O4/c1-3-27-15-9-13(8-14(21)11-15)10-16-18(24)22-20(26)23(19(16)25)17-7-5-4-6-12(17)2/h4-11H,3H2,1-2H3,(H,22,24,26)/b16-10+. The maximum atomic E-state index is 12.9. The van der Waals surface area contributed by atoms with Gasteiger partial charge in [0.1, 0.15) is 11.3 Å². The van der Waals surface area contributed by atoms with E-state index in [9.17, 15) is 14.4 Å². The van der Waals surface area contributed by atoms with E-state index in [1.807, 2.05) is 6.92 Å². The molecule has 2 aromatic rings. The number of amides is 4. The van der Waals surface area contributed by atoms with Crippen molar-refractivity contribution in [3.05, 3.63) is 64.2 Å². The molecule has 4 amide bonds. The Hall–Kier alpha value is -3.12. The molecule has 6 nitrogen and oxygen atoms in total. The summed E-state index contributed by atoms with van der Waals surface area (Å²) in [5.74, 6) is -0.934. The first-order valence-electron chi connectivity index (χ1n) is 8.31. The quantitative estimate of drug-likeness (QED) is 0.644. The summed E-state index contributed by atoms with van der Waals surface area (Å²) in [7, 11) is 0. The zero-order valence-corrected chi connectivity index (χ0v) is 15.5. The van der Waals surface area contributed by atoms with E-state index >= 15 is 0 Å². The van der Waals surface area contributed by atoms with Crippen LogP contribution in [0.25, 0.3) is 6.08 Å². The highest BCUT2D eigenvalue weighted by molar-refractivity contribution is 6.39. The van der Waals surface area contributed by atoms with Crippen LogP contribution in [0.15, 0.2) is 48.0 Å². The monoisotopic (exact) mass is 384 g/mol. The number of carbonyl (C=O) groups is 3. The fourth-order valence-corrected chi connectivity index (χ4v) is 3.01. The predicted molar refractivity (Wildman–Crippen MR) is 103 cm³/mol. The van der Waals surface area contributed by atoms with Crippen molar-refractivity contribution in [3.8, 4) is 5.75 Å². The van der Waals surface area contributed by atoms with Crippen molar-refractivity contribution < 1.29 is 19.1 Å². The number of urea groups is 1. The van der Waals surface area contributed by atoms with Crippen molar-refractivity contribution in [2.45, 2.75) is 13.8 Å². The van der Waals surface area contributed by atoms with Crippen LogP contribution in [0.5, 0.6) is 5.75 Å². The maximum absolute atomic E-state index is 12.9. The molecule has 138 valence electrons. The Balaban J connectivity index is 2.03. The van der Waals surface area contributed by atoms with Crippen molar-refractivity contribution >= 4 is 41.2 Å². The summed E-state index contributed by atoms with van der Waals surface area (Å²) in [5.41, 5.74) is 1.50. The van der Waals surface area contributed by atoms with Crippen LogP contribution in [0, 0.1) is 6.92 Å². The molecule has 0 aromatic heterocycles. The van der Waals surface area contributed by atoms with Crippen molar-refractivity contribution in [3.63, 3.8) is 0 Å². The summed E-state index contributed by atoms with van der Waals surface area (Å²) in [5, 5.41) is 2.61. The Bertz CT molecular complexity index is 968. The first kappa shape index (κ1) is 18.7. The lowest BCUT2D eigenvalue weighted by molar-refractivity contribution is -0.122. The molecular weight excluding hydrogens is 368 g/mol. The molecule has 0 atom stereocenters. The van der Waals surface area contributed by atoms with Gasteiger partial charge in [-0.2, -0.15) is 0 Å². The molecule has 1 heterocycles. The maximum Gasteiger partial charge on any atom is 0.335 e. The summed E-state index contributed by atoms with van der Waals surface area (Å²) in [6, 6.07) is 11.1. The van der Waals surface area contributed by atoms with Crippen molar-refractivity contribution in [1.29, 1.82) is 0 Å². The van der Waals surface area contributed by atoms with E-state index in [0.717, 1.165) is 10.5 Å². The summed E-state index contributed by atoms with van der Waals surface area (Å²) >= 11 is 6.09. The number of para-hydroxylation sites is 1. The van der Waals surface area contributed by atoms with Crippen LogP contribution in [0.4, 0.5) is 10.5 Å². The number of hydrogen-bond donors (Lipinski definition) is 1. The average molecular weight is 385 g/mol. The number of rotatable bonds is 4. The Morgan fingerprint density at radius 1 is 1.15 bits per heavy atom. The van der Waals surface area contributed by atoms with E-state index in [2.05, 4.69) is 5.32 Å². The number of imide groups is 2. The van der Waals surface area contributed by atoms with Crippen LogP contribution >= 0.6 is 11.6 Å². The minimum absolute atomic E-state index is 0.164. The zero-order chi connectivity index (χ0) is 19.6. The molecule has 0 spiro atoms. The molecule has 7 heteroatoms. The van der Waals surface area contributed by atoms with E-state index in [4.69, 9.17) is 16.3 Å². The third-order valence-electron chi connectivity index (χ3n) is 3.97. The summed E-state index contributed by atoms with van der Waals surface area (Å²) < 4.78 is 5.43. The minimum Gasteiger partial charge on any atom is -0.494 e. The van der Waals surface area contributed by atoms with Crippen LogP contribution in [0.2, 0.25) is 5.02 Å². The van der Waals surface area contributed by atoms with Gasteiger partial charge in [0.15, 0.2) is 0 Å². The van der Waals surface area contributed by atoms with Gasteiger partial charge in [-0.15, -0.1) is 0 Å². The van der Waals surface area contributed by atoms with Gasteiger partial charge >= 0.3 is 6.03 Å².